The molecule has 0 aromatic carbocycles. The molecule has 6 nitrogen and oxygen atoms in total. The number of carbonyl (C=O) groups excluding carboxylic acids is 2. The van der Waals surface area contributed by atoms with E-state index in [-0.39, 0.29) is 17.0 Å². The molecular formula is C16H23N3O3. The summed E-state index contributed by atoms with van der Waals surface area (Å²) in [5.74, 6) is -0.671. The van der Waals surface area contributed by atoms with Gasteiger partial charge in [0.25, 0.3) is 11.5 Å². The second kappa shape index (κ2) is 6.34. The minimum atomic E-state index is -0.627. The summed E-state index contributed by atoms with van der Waals surface area (Å²) in [4.78, 5) is 38.1. The summed E-state index contributed by atoms with van der Waals surface area (Å²) >= 11 is 0. The van der Waals surface area contributed by atoms with Crippen LogP contribution in [-0.2, 0) is 24.7 Å². The summed E-state index contributed by atoms with van der Waals surface area (Å²) in [5.41, 5.74) is 1.94. The highest BCUT2D eigenvalue weighted by atomic mass is 16.2. The smallest absolute Gasteiger partial charge is 0.263 e. The highest BCUT2D eigenvalue weighted by molar-refractivity contribution is 5.97. The number of amides is 2. The average Bonchev–Trinajstić information content (AvgIpc) is 2.55. The van der Waals surface area contributed by atoms with E-state index in [1.54, 1.807) is 31.7 Å². The van der Waals surface area contributed by atoms with Crippen molar-refractivity contribution >= 4 is 11.8 Å². The minimum Gasteiger partial charge on any atom is -0.357 e. The van der Waals surface area contributed by atoms with E-state index in [4.69, 9.17) is 0 Å². The van der Waals surface area contributed by atoms with Gasteiger partial charge in [-0.05, 0) is 44.2 Å². The fourth-order valence-electron chi connectivity index (χ4n) is 2.89. The Morgan fingerprint density at radius 2 is 1.95 bits per heavy atom. The minimum absolute atomic E-state index is 0.140. The van der Waals surface area contributed by atoms with Gasteiger partial charge < -0.3 is 14.8 Å². The van der Waals surface area contributed by atoms with Crippen molar-refractivity contribution in [3.8, 4) is 0 Å². The maximum Gasteiger partial charge on any atom is 0.263 e. The van der Waals surface area contributed by atoms with Crippen LogP contribution in [0.5, 0.6) is 0 Å². The van der Waals surface area contributed by atoms with E-state index >= 15 is 0 Å². The summed E-state index contributed by atoms with van der Waals surface area (Å²) in [6.07, 6.45) is 3.91. The summed E-state index contributed by atoms with van der Waals surface area (Å²) < 4.78 is 1.58. The molecule has 0 radical (unpaired) electrons. The SMILES string of the molecule is CNC(=O)[C@H](C)N(C)C(=O)c1cc2c(n(C)c1=O)CCCC2. The average molecular weight is 305 g/mol. The van der Waals surface area contributed by atoms with Crippen LogP contribution in [0.2, 0.25) is 0 Å². The first-order chi connectivity index (χ1) is 10.4. The molecule has 0 saturated carbocycles. The molecule has 0 aliphatic heterocycles. The Balaban J connectivity index is 2.40. The van der Waals surface area contributed by atoms with E-state index in [2.05, 4.69) is 5.32 Å². The second-order valence-corrected chi connectivity index (χ2v) is 5.81. The van der Waals surface area contributed by atoms with Crippen LogP contribution in [0.1, 0.15) is 41.4 Å². The second-order valence-electron chi connectivity index (χ2n) is 5.81. The molecule has 0 saturated heterocycles. The molecule has 6 heteroatoms. The van der Waals surface area contributed by atoms with Gasteiger partial charge in [-0.1, -0.05) is 0 Å². The molecule has 0 spiro atoms. The number of fused-ring (bicyclic) bond motifs is 1. The Labute approximate surface area is 130 Å². The van der Waals surface area contributed by atoms with Crippen LogP contribution >= 0.6 is 0 Å². The molecule has 22 heavy (non-hydrogen) atoms. The molecule has 1 aliphatic rings. The predicted octanol–water partition coefficient (Wildman–Crippen LogP) is 0.471. The number of carbonyl (C=O) groups is 2. The zero-order chi connectivity index (χ0) is 16.4. The van der Waals surface area contributed by atoms with Crippen molar-refractivity contribution in [3.05, 3.63) is 33.2 Å². The predicted molar refractivity (Wildman–Crippen MR) is 83.9 cm³/mol. The van der Waals surface area contributed by atoms with Gasteiger partial charge in [0.15, 0.2) is 0 Å². The number of aromatic nitrogens is 1. The monoisotopic (exact) mass is 305 g/mol. The molecule has 0 bridgehead atoms. The number of aryl methyl sites for hydroxylation is 1. The molecule has 2 amide bonds. The van der Waals surface area contributed by atoms with Gasteiger partial charge in [0.1, 0.15) is 11.6 Å². The van der Waals surface area contributed by atoms with Gasteiger partial charge in [0.05, 0.1) is 0 Å². The third kappa shape index (κ3) is 2.77. The number of hydrogen-bond acceptors (Lipinski definition) is 3. The van der Waals surface area contributed by atoms with E-state index in [0.717, 1.165) is 36.9 Å². The fourth-order valence-corrected chi connectivity index (χ4v) is 2.89. The number of pyridine rings is 1. The Bertz CT molecular complexity index is 663. The highest BCUT2D eigenvalue weighted by Crippen LogP contribution is 2.20. The van der Waals surface area contributed by atoms with Crippen LogP contribution in [0.3, 0.4) is 0 Å². The summed E-state index contributed by atoms with van der Waals surface area (Å²) in [6.45, 7) is 1.64. The van der Waals surface area contributed by atoms with Crippen molar-refractivity contribution in [3.63, 3.8) is 0 Å². The van der Waals surface area contributed by atoms with Gasteiger partial charge >= 0.3 is 0 Å². The van der Waals surface area contributed by atoms with Gasteiger partial charge in [0.2, 0.25) is 5.91 Å². The molecule has 0 unspecified atom stereocenters. The zero-order valence-corrected chi connectivity index (χ0v) is 13.6. The maximum absolute atomic E-state index is 12.6. The van der Waals surface area contributed by atoms with Crippen molar-refractivity contribution in [1.29, 1.82) is 0 Å². The third-order valence-electron chi connectivity index (χ3n) is 4.50. The zero-order valence-electron chi connectivity index (χ0n) is 13.6. The number of likely N-dealkylation sites (N-methyl/N-ethyl adjacent to an activating group) is 2. The van der Waals surface area contributed by atoms with Gasteiger partial charge in [-0.3, -0.25) is 14.4 Å². The lowest BCUT2D eigenvalue weighted by molar-refractivity contribution is -0.124. The summed E-state index contributed by atoms with van der Waals surface area (Å²) in [7, 11) is 4.78. The highest BCUT2D eigenvalue weighted by Gasteiger charge is 2.26. The largest absolute Gasteiger partial charge is 0.357 e. The quantitative estimate of drug-likeness (QED) is 0.882. The number of nitrogens with one attached hydrogen (secondary N) is 1. The fraction of sp³-hybridized carbons (Fsp3) is 0.562. The molecule has 1 heterocycles. The first-order valence-electron chi connectivity index (χ1n) is 7.59. The molecule has 1 atom stereocenters. The Morgan fingerprint density at radius 1 is 1.32 bits per heavy atom. The van der Waals surface area contributed by atoms with Crippen LogP contribution in [0.4, 0.5) is 0 Å². The topological polar surface area (TPSA) is 71.4 Å². The molecule has 1 aromatic rings. The van der Waals surface area contributed by atoms with E-state index < -0.39 is 11.9 Å². The van der Waals surface area contributed by atoms with E-state index in [1.165, 1.54) is 11.9 Å². The van der Waals surface area contributed by atoms with Gasteiger partial charge in [-0.2, -0.15) is 0 Å². The lowest BCUT2D eigenvalue weighted by atomic mass is 9.94. The normalized spacial score (nSPS) is 14.9. The van der Waals surface area contributed by atoms with Gasteiger partial charge in [-0.15, -0.1) is 0 Å². The number of hydrogen-bond donors (Lipinski definition) is 1. The molecule has 0 fully saturated rings. The van der Waals surface area contributed by atoms with E-state index in [9.17, 15) is 14.4 Å². The molecular weight excluding hydrogens is 282 g/mol. The van der Waals surface area contributed by atoms with Crippen molar-refractivity contribution in [1.82, 2.24) is 14.8 Å². The van der Waals surface area contributed by atoms with Crippen molar-refractivity contribution in [2.24, 2.45) is 7.05 Å². The van der Waals surface area contributed by atoms with Gasteiger partial charge in [0, 0.05) is 26.8 Å². The number of rotatable bonds is 3. The Morgan fingerprint density at radius 3 is 2.59 bits per heavy atom. The first-order valence-corrected chi connectivity index (χ1v) is 7.59. The summed E-state index contributed by atoms with van der Waals surface area (Å²) in [6, 6.07) is 1.09. The lowest BCUT2D eigenvalue weighted by Crippen LogP contribution is -2.46. The van der Waals surface area contributed by atoms with Crippen LogP contribution in [0.25, 0.3) is 0 Å². The molecule has 1 aliphatic carbocycles. The van der Waals surface area contributed by atoms with Crippen LogP contribution in [-0.4, -0.2) is 41.4 Å². The van der Waals surface area contributed by atoms with Crippen LogP contribution < -0.4 is 10.9 Å². The van der Waals surface area contributed by atoms with Crippen molar-refractivity contribution in [2.75, 3.05) is 14.1 Å². The third-order valence-corrected chi connectivity index (χ3v) is 4.50. The molecule has 1 N–H and O–H groups in total. The van der Waals surface area contributed by atoms with E-state index in [1.807, 2.05) is 0 Å². The number of nitrogens with zero attached hydrogens (tertiary/aromatic N) is 2. The Hall–Kier alpha value is -2.11. The first kappa shape index (κ1) is 16.3. The summed E-state index contributed by atoms with van der Waals surface area (Å²) in [5, 5.41) is 2.51. The van der Waals surface area contributed by atoms with Crippen molar-refractivity contribution in [2.45, 2.75) is 38.6 Å². The van der Waals surface area contributed by atoms with Gasteiger partial charge in [-0.25, -0.2) is 0 Å². The van der Waals surface area contributed by atoms with Crippen LogP contribution in [0.15, 0.2) is 10.9 Å². The molecule has 120 valence electrons. The standard InChI is InChI=1S/C16H23N3O3/c1-10(14(20)17-2)18(3)15(21)12-9-11-7-5-6-8-13(11)19(4)16(12)22/h9-10H,5-8H2,1-4H3,(H,17,20)/t10-/m0/s1. The molecule has 1 aromatic heterocycles. The Kier molecular flexibility index (Phi) is 4.68. The lowest BCUT2D eigenvalue weighted by Gasteiger charge is -2.25. The van der Waals surface area contributed by atoms with Crippen molar-refractivity contribution < 1.29 is 9.59 Å². The van der Waals surface area contributed by atoms with E-state index in [0.29, 0.717) is 0 Å². The maximum atomic E-state index is 12.6. The van der Waals surface area contributed by atoms with Crippen LogP contribution in [0, 0.1) is 0 Å². The molecule has 2 rings (SSSR count).